The van der Waals surface area contributed by atoms with Crippen LogP contribution in [0.2, 0.25) is 0 Å². The zero-order chi connectivity index (χ0) is 7.78. The monoisotopic (exact) mass is 153 g/mol. The molecule has 1 amide bonds. The summed E-state index contributed by atoms with van der Waals surface area (Å²) in [5, 5.41) is 1.75. The molecule has 10 heavy (non-hydrogen) atoms. The number of halogens is 3. The van der Waals surface area contributed by atoms with Gasteiger partial charge in [0.15, 0.2) is 0 Å². The lowest BCUT2D eigenvalue weighted by molar-refractivity contribution is -0.0900. The molecule has 1 N–H and O–H groups in total. The maximum Gasteiger partial charge on any atom is 0.397 e. The lowest BCUT2D eigenvalue weighted by Crippen LogP contribution is -2.49. The fourth-order valence-electron chi connectivity index (χ4n) is 0.924. The molecule has 0 radical (unpaired) electrons. The zero-order valence-electron chi connectivity index (χ0n) is 5.03. The van der Waals surface area contributed by atoms with E-state index in [1.54, 1.807) is 5.32 Å². The molecule has 0 bridgehead atoms. The second-order valence-corrected chi connectivity index (χ2v) is 2.38. The Morgan fingerprint density at radius 2 is 2.00 bits per heavy atom. The standard InChI is InChI=1S/C5H6F3NO/c6-4(10)9-3-1-5(7,8)2-3/h3H,1-2H2,(H,9,10). The lowest BCUT2D eigenvalue weighted by Gasteiger charge is -2.34. The maximum atomic E-state index is 12.0. The topological polar surface area (TPSA) is 29.1 Å². The summed E-state index contributed by atoms with van der Waals surface area (Å²) in [5.41, 5.74) is 0. The molecular weight excluding hydrogens is 147 g/mol. The zero-order valence-corrected chi connectivity index (χ0v) is 5.03. The van der Waals surface area contributed by atoms with E-state index < -0.39 is 31.0 Å². The van der Waals surface area contributed by atoms with Gasteiger partial charge in [-0.3, -0.25) is 0 Å². The molecule has 0 atom stereocenters. The Hall–Kier alpha value is -0.740. The Morgan fingerprint density at radius 1 is 1.50 bits per heavy atom. The van der Waals surface area contributed by atoms with Crippen molar-refractivity contribution in [3.05, 3.63) is 0 Å². The van der Waals surface area contributed by atoms with Crippen molar-refractivity contribution in [2.45, 2.75) is 24.8 Å². The highest BCUT2D eigenvalue weighted by molar-refractivity contribution is 5.66. The molecule has 2 nitrogen and oxygen atoms in total. The van der Waals surface area contributed by atoms with E-state index in [9.17, 15) is 18.0 Å². The minimum absolute atomic E-state index is 0.442. The van der Waals surface area contributed by atoms with Gasteiger partial charge in [-0.2, -0.15) is 0 Å². The summed E-state index contributed by atoms with van der Waals surface area (Å²) in [6.07, 6.45) is -2.62. The van der Waals surface area contributed by atoms with E-state index >= 15 is 0 Å². The average molecular weight is 153 g/mol. The highest BCUT2D eigenvalue weighted by atomic mass is 19.3. The van der Waals surface area contributed by atoms with E-state index in [2.05, 4.69) is 0 Å². The summed E-state index contributed by atoms with van der Waals surface area (Å²) >= 11 is 0. The highest BCUT2D eigenvalue weighted by Crippen LogP contribution is 2.37. The van der Waals surface area contributed by atoms with Crippen LogP contribution in [0.4, 0.5) is 18.0 Å². The van der Waals surface area contributed by atoms with E-state index in [4.69, 9.17) is 0 Å². The second kappa shape index (κ2) is 2.14. The molecule has 58 valence electrons. The Morgan fingerprint density at radius 3 is 2.30 bits per heavy atom. The van der Waals surface area contributed by atoms with E-state index in [1.165, 1.54) is 0 Å². The van der Waals surface area contributed by atoms with Crippen LogP contribution in [0.5, 0.6) is 0 Å². The molecule has 0 aliphatic heterocycles. The molecule has 0 heterocycles. The summed E-state index contributed by atoms with van der Waals surface area (Å²) in [6.45, 7) is 0. The Kier molecular flexibility index (Phi) is 1.58. The molecule has 0 aromatic heterocycles. The molecule has 0 saturated heterocycles. The van der Waals surface area contributed by atoms with E-state index in [0.717, 1.165) is 0 Å². The summed E-state index contributed by atoms with van der Waals surface area (Å²) in [7, 11) is 0. The SMILES string of the molecule is O=C(F)NC1CC(F)(F)C1. The van der Waals surface area contributed by atoms with Gasteiger partial charge in [0.1, 0.15) is 0 Å². The summed E-state index contributed by atoms with van der Waals surface area (Å²) in [6, 6.07) is -0.674. The van der Waals surface area contributed by atoms with Crippen LogP contribution in [-0.2, 0) is 0 Å². The molecular formula is C5H6F3NO. The van der Waals surface area contributed by atoms with Gasteiger partial charge in [-0.25, -0.2) is 13.6 Å². The van der Waals surface area contributed by atoms with Crippen LogP contribution in [0.1, 0.15) is 12.8 Å². The van der Waals surface area contributed by atoms with Crippen molar-refractivity contribution in [2.75, 3.05) is 0 Å². The van der Waals surface area contributed by atoms with Crippen molar-refractivity contribution < 1.29 is 18.0 Å². The minimum atomic E-state index is -2.70. The first-order valence-electron chi connectivity index (χ1n) is 2.83. The Balaban J connectivity index is 2.21. The molecule has 0 aromatic rings. The van der Waals surface area contributed by atoms with Gasteiger partial charge in [-0.1, -0.05) is 0 Å². The Bertz CT molecular complexity index is 151. The third-order valence-electron chi connectivity index (χ3n) is 1.41. The molecule has 1 aliphatic rings. The normalized spacial score (nSPS) is 23.5. The molecule has 1 fully saturated rings. The van der Waals surface area contributed by atoms with Crippen molar-refractivity contribution in [2.24, 2.45) is 0 Å². The third-order valence-corrected chi connectivity index (χ3v) is 1.41. The fourth-order valence-corrected chi connectivity index (χ4v) is 0.924. The van der Waals surface area contributed by atoms with Crippen molar-refractivity contribution >= 4 is 6.16 Å². The predicted molar refractivity (Wildman–Crippen MR) is 27.6 cm³/mol. The van der Waals surface area contributed by atoms with Crippen molar-refractivity contribution in [3.63, 3.8) is 0 Å². The van der Waals surface area contributed by atoms with Gasteiger partial charge in [-0.15, -0.1) is 4.39 Å². The van der Waals surface area contributed by atoms with Crippen molar-refractivity contribution in [1.82, 2.24) is 5.32 Å². The smallest absolute Gasteiger partial charge is 0.325 e. The summed E-state index contributed by atoms with van der Waals surface area (Å²) < 4.78 is 35.4. The average Bonchev–Trinajstić information content (AvgIpc) is 1.57. The number of hydrogen-bond acceptors (Lipinski definition) is 1. The second-order valence-electron chi connectivity index (χ2n) is 2.38. The van der Waals surface area contributed by atoms with E-state index in [-0.39, 0.29) is 0 Å². The summed E-state index contributed by atoms with van der Waals surface area (Å²) in [4.78, 5) is 9.64. The van der Waals surface area contributed by atoms with Crippen molar-refractivity contribution in [1.29, 1.82) is 0 Å². The fraction of sp³-hybridized carbons (Fsp3) is 0.800. The van der Waals surface area contributed by atoms with Gasteiger partial charge >= 0.3 is 6.16 Å². The number of rotatable bonds is 1. The van der Waals surface area contributed by atoms with E-state index in [0.29, 0.717) is 0 Å². The van der Waals surface area contributed by atoms with Crippen LogP contribution in [-0.4, -0.2) is 18.1 Å². The highest BCUT2D eigenvalue weighted by Gasteiger charge is 2.45. The number of carbonyl (C=O) groups is 1. The number of hydrogen-bond donors (Lipinski definition) is 1. The van der Waals surface area contributed by atoms with Crippen LogP contribution in [0.3, 0.4) is 0 Å². The molecule has 0 spiro atoms. The number of nitrogens with one attached hydrogen (secondary N) is 1. The van der Waals surface area contributed by atoms with Crippen LogP contribution in [0, 0.1) is 0 Å². The van der Waals surface area contributed by atoms with Gasteiger partial charge < -0.3 is 5.32 Å². The molecule has 5 heteroatoms. The first kappa shape index (κ1) is 7.37. The molecule has 0 unspecified atom stereocenters. The van der Waals surface area contributed by atoms with Crippen LogP contribution >= 0.6 is 0 Å². The number of alkyl halides is 2. The molecule has 1 saturated carbocycles. The molecule has 0 aromatic carbocycles. The van der Waals surface area contributed by atoms with Crippen molar-refractivity contribution in [3.8, 4) is 0 Å². The van der Waals surface area contributed by atoms with E-state index in [1.807, 2.05) is 0 Å². The van der Waals surface area contributed by atoms with Gasteiger partial charge in [0.05, 0.1) is 0 Å². The first-order chi connectivity index (χ1) is 4.49. The van der Waals surface area contributed by atoms with Gasteiger partial charge in [0.2, 0.25) is 0 Å². The largest absolute Gasteiger partial charge is 0.397 e. The molecule has 1 aliphatic carbocycles. The maximum absolute atomic E-state index is 12.0. The Labute approximate surface area is 55.4 Å². The van der Waals surface area contributed by atoms with Gasteiger partial charge in [-0.05, 0) is 0 Å². The van der Waals surface area contributed by atoms with Crippen LogP contribution in [0.25, 0.3) is 0 Å². The summed E-state index contributed by atoms with van der Waals surface area (Å²) in [5.74, 6) is -2.70. The lowest BCUT2D eigenvalue weighted by atomic mass is 9.88. The predicted octanol–water partition coefficient (Wildman–Crippen LogP) is 1.46. The minimum Gasteiger partial charge on any atom is -0.325 e. The number of carbonyl (C=O) groups excluding carboxylic acids is 1. The van der Waals surface area contributed by atoms with Crippen LogP contribution in [0.15, 0.2) is 0 Å². The first-order valence-corrected chi connectivity index (χ1v) is 2.83. The quantitative estimate of drug-likeness (QED) is 0.448. The molecule has 1 rings (SSSR count). The number of amides is 1. The third kappa shape index (κ3) is 1.62. The van der Waals surface area contributed by atoms with Gasteiger partial charge in [0.25, 0.3) is 5.92 Å². The van der Waals surface area contributed by atoms with Crippen LogP contribution < -0.4 is 5.32 Å². The van der Waals surface area contributed by atoms with Gasteiger partial charge in [0, 0.05) is 18.9 Å².